The Labute approximate surface area is 352 Å². The second kappa shape index (κ2) is 29.5. The van der Waals surface area contributed by atoms with Gasteiger partial charge in [-0.1, -0.05) is 44.0 Å². The van der Waals surface area contributed by atoms with E-state index in [2.05, 4.69) is 54.5 Å². The van der Waals surface area contributed by atoms with Crippen molar-refractivity contribution < 1.29 is 38.6 Å². The molecule has 0 aliphatic rings. The predicted molar refractivity (Wildman–Crippen MR) is 231 cm³/mol. The number of rotatable bonds is 18. The van der Waals surface area contributed by atoms with Crippen LogP contribution in [-0.2, 0) is 33.4 Å². The predicted octanol–water partition coefficient (Wildman–Crippen LogP) is 5.16. The van der Waals surface area contributed by atoms with Crippen molar-refractivity contribution >= 4 is 53.2 Å². The first kappa shape index (κ1) is 52.2. The first-order valence-electron chi connectivity index (χ1n) is 18.0. The third-order valence-corrected chi connectivity index (χ3v) is 7.32. The van der Waals surface area contributed by atoms with Crippen LogP contribution in [0.2, 0.25) is 0 Å². The highest BCUT2D eigenvalue weighted by molar-refractivity contribution is 6.01. The number of esters is 3. The fraction of sp³-hybridized carbons (Fsp3) is 0.295. The number of aliphatic hydroxyl groups is 1. The van der Waals surface area contributed by atoms with Crippen molar-refractivity contribution in [2.24, 2.45) is 0 Å². The van der Waals surface area contributed by atoms with Crippen LogP contribution in [0.15, 0.2) is 96.4 Å². The molecule has 0 aliphatic heterocycles. The SMILES string of the molecule is C=C(C)C(=O)OC(=O)C(=C)C.[C-]#[N+]CCN(C)c1ccc(/C=C(\[N+]#[C-])C(=O)NCCO)cc1.[C-]#[N+]CCN(C)c1ccc(/C=C(\[N+]#[C-])C(=O)NCCOC(=O)C(=C)C)cc1. The standard InChI is InChI=1S/C20H22N4O3.C16H18N4O2.C8H10O3/c1-15(2)20(26)27-13-11-23-19(25)18(22-4)14-16-6-8-17(9-7-16)24(5)12-10-21-3;1-17-8-10-20(3)14-6-4-13(5-7-14)12-15(18-2)16(22)19-9-11-21;1-5(2)7(9)11-8(10)6(3)4/h6-9,14H,1,10-13H2,2,5H3,(H,23,25);4-7,12,21H,8-11H2,3H3,(H,19,22);1,3H2,2,4H3/b18-14-;15-12-;. The molecular weight excluding hydrogens is 769 g/mol. The Balaban J connectivity index is 0.000000945. The lowest BCUT2D eigenvalue weighted by molar-refractivity contribution is -0.154. The van der Waals surface area contributed by atoms with Crippen molar-refractivity contribution in [3.8, 4) is 0 Å². The van der Waals surface area contributed by atoms with Crippen LogP contribution in [0.5, 0.6) is 0 Å². The smallest absolute Gasteiger partial charge is 0.340 e. The molecule has 0 atom stereocenters. The molecular formula is C44H50N8O8. The van der Waals surface area contributed by atoms with Crippen LogP contribution in [0.3, 0.4) is 0 Å². The van der Waals surface area contributed by atoms with E-state index in [1.165, 1.54) is 32.9 Å². The monoisotopic (exact) mass is 818 g/mol. The summed E-state index contributed by atoms with van der Waals surface area (Å²) in [5, 5.41) is 13.7. The lowest BCUT2D eigenvalue weighted by atomic mass is 10.1. The van der Waals surface area contributed by atoms with Gasteiger partial charge in [-0.15, -0.1) is 0 Å². The van der Waals surface area contributed by atoms with Crippen molar-refractivity contribution in [1.29, 1.82) is 0 Å². The Hall–Kier alpha value is -7.79. The third kappa shape index (κ3) is 21.5. The highest BCUT2D eigenvalue weighted by Gasteiger charge is 2.12. The number of carbonyl (C=O) groups excluding carboxylic acids is 5. The number of nitrogens with one attached hydrogen (secondary N) is 2. The fourth-order valence-electron chi connectivity index (χ4n) is 3.96. The minimum absolute atomic E-state index is 0.00828. The number of likely N-dealkylation sites (N-methyl/N-ethyl adjacent to an activating group) is 2. The van der Waals surface area contributed by atoms with Gasteiger partial charge in [0.1, 0.15) is 6.61 Å². The van der Waals surface area contributed by atoms with E-state index < -0.39 is 29.7 Å². The molecule has 0 fully saturated rings. The third-order valence-electron chi connectivity index (χ3n) is 7.32. The van der Waals surface area contributed by atoms with E-state index in [1.54, 1.807) is 12.1 Å². The molecule has 314 valence electrons. The highest BCUT2D eigenvalue weighted by Crippen LogP contribution is 2.17. The molecule has 0 radical (unpaired) electrons. The van der Waals surface area contributed by atoms with E-state index in [1.807, 2.05) is 60.3 Å². The first-order valence-corrected chi connectivity index (χ1v) is 18.0. The molecule has 3 N–H and O–H groups in total. The van der Waals surface area contributed by atoms with Gasteiger partial charge in [0.05, 0.1) is 39.4 Å². The van der Waals surface area contributed by atoms with Crippen molar-refractivity contribution in [3.05, 3.63) is 153 Å². The van der Waals surface area contributed by atoms with Crippen molar-refractivity contribution in [3.63, 3.8) is 0 Å². The van der Waals surface area contributed by atoms with Crippen molar-refractivity contribution in [2.45, 2.75) is 20.8 Å². The van der Waals surface area contributed by atoms with Crippen LogP contribution in [0, 0.1) is 26.3 Å². The van der Waals surface area contributed by atoms with Gasteiger partial charge in [0, 0.05) is 48.7 Å². The largest absolute Gasteiger partial charge is 0.460 e. The minimum Gasteiger partial charge on any atom is -0.460 e. The lowest BCUT2D eigenvalue weighted by Gasteiger charge is -2.16. The van der Waals surface area contributed by atoms with Crippen LogP contribution >= 0.6 is 0 Å². The molecule has 2 rings (SSSR count). The molecule has 16 nitrogen and oxygen atoms in total. The Morgan fingerprint density at radius 3 is 1.33 bits per heavy atom. The van der Waals surface area contributed by atoms with E-state index in [0.29, 0.717) is 31.7 Å². The molecule has 2 aromatic rings. The number of carbonyl (C=O) groups is 5. The van der Waals surface area contributed by atoms with Crippen molar-refractivity contribution in [1.82, 2.24) is 10.6 Å². The average Bonchev–Trinajstić information content (AvgIpc) is 3.23. The molecule has 0 spiro atoms. The van der Waals surface area contributed by atoms with E-state index in [0.717, 1.165) is 16.9 Å². The summed E-state index contributed by atoms with van der Waals surface area (Å²) in [5.74, 6) is -2.97. The second-order valence-corrected chi connectivity index (χ2v) is 12.5. The van der Waals surface area contributed by atoms with Gasteiger partial charge in [0.15, 0.2) is 0 Å². The molecule has 0 heterocycles. The van der Waals surface area contributed by atoms with Crippen LogP contribution in [0.25, 0.3) is 31.5 Å². The summed E-state index contributed by atoms with van der Waals surface area (Å²) in [5.41, 5.74) is 3.96. The summed E-state index contributed by atoms with van der Waals surface area (Å²) in [7, 11) is 3.80. The van der Waals surface area contributed by atoms with Gasteiger partial charge in [0.2, 0.25) is 24.9 Å². The van der Waals surface area contributed by atoms with Gasteiger partial charge in [-0.05, 0) is 68.3 Å². The molecule has 0 aromatic heterocycles. The maximum absolute atomic E-state index is 12.1. The van der Waals surface area contributed by atoms with Gasteiger partial charge >= 0.3 is 17.9 Å². The zero-order valence-corrected chi connectivity index (χ0v) is 34.5. The van der Waals surface area contributed by atoms with E-state index >= 15 is 0 Å². The van der Waals surface area contributed by atoms with Crippen molar-refractivity contribution in [2.75, 3.05) is 76.4 Å². The molecule has 0 aliphatic carbocycles. The van der Waals surface area contributed by atoms with E-state index in [4.69, 9.17) is 36.1 Å². The summed E-state index contributed by atoms with van der Waals surface area (Å²) in [6, 6.07) is 14.7. The summed E-state index contributed by atoms with van der Waals surface area (Å²) < 4.78 is 9.17. The quantitative estimate of drug-likeness (QED) is 0.0601. The molecule has 2 aromatic carbocycles. The van der Waals surface area contributed by atoms with Gasteiger partial charge in [-0.2, -0.15) is 0 Å². The average molecular weight is 819 g/mol. The van der Waals surface area contributed by atoms with Gasteiger partial charge in [0.25, 0.3) is 11.4 Å². The molecule has 2 amide bonds. The number of ether oxygens (including phenoxy) is 2. The zero-order valence-electron chi connectivity index (χ0n) is 34.5. The van der Waals surface area contributed by atoms with Gasteiger partial charge in [-0.25, -0.2) is 37.2 Å². The molecule has 60 heavy (non-hydrogen) atoms. The Morgan fingerprint density at radius 1 is 0.650 bits per heavy atom. The Bertz CT molecular complexity index is 2050. The summed E-state index contributed by atoms with van der Waals surface area (Å²) in [6.07, 6.45) is 2.99. The second-order valence-electron chi connectivity index (χ2n) is 12.5. The van der Waals surface area contributed by atoms with Crippen LogP contribution in [0.4, 0.5) is 11.4 Å². The fourth-order valence-corrected chi connectivity index (χ4v) is 3.96. The number of amides is 2. The first-order chi connectivity index (χ1) is 28.4. The molecule has 0 saturated heterocycles. The summed E-state index contributed by atoms with van der Waals surface area (Å²) in [4.78, 5) is 73.4. The molecule has 0 bridgehead atoms. The van der Waals surface area contributed by atoms with E-state index in [-0.39, 0.29) is 54.4 Å². The van der Waals surface area contributed by atoms with Gasteiger partial charge < -0.3 is 44.7 Å². The Kier molecular flexibility index (Phi) is 25.6. The number of anilines is 2. The maximum atomic E-state index is 12.1. The number of nitrogens with zero attached hydrogens (tertiary/aromatic N) is 6. The summed E-state index contributed by atoms with van der Waals surface area (Å²) in [6.45, 7) is 44.6. The topological polar surface area (TPSA) is 172 Å². The Morgan fingerprint density at radius 2 is 1.02 bits per heavy atom. The van der Waals surface area contributed by atoms with Crippen LogP contribution in [-0.4, -0.2) is 101 Å². The lowest BCUT2D eigenvalue weighted by Crippen LogP contribution is -2.28. The number of benzene rings is 2. The maximum Gasteiger partial charge on any atom is 0.340 e. The minimum atomic E-state index is -0.710. The molecule has 0 saturated carbocycles. The molecule has 16 heteroatoms. The number of aliphatic hydroxyl groups excluding tert-OH is 1. The van der Waals surface area contributed by atoms with Crippen LogP contribution < -0.4 is 20.4 Å². The zero-order chi connectivity index (χ0) is 45.6. The highest BCUT2D eigenvalue weighted by atomic mass is 16.6. The van der Waals surface area contributed by atoms with E-state index in [9.17, 15) is 24.0 Å². The molecule has 0 unspecified atom stereocenters. The normalized spacial score (nSPS) is 10.0. The van der Waals surface area contributed by atoms with Crippen LogP contribution in [0.1, 0.15) is 31.9 Å². The number of hydrogen-bond acceptors (Lipinski definition) is 10. The van der Waals surface area contributed by atoms with Gasteiger partial charge in [-0.3, -0.25) is 9.59 Å². The summed E-state index contributed by atoms with van der Waals surface area (Å²) >= 11 is 0. The number of hydrogen-bond donors (Lipinski definition) is 3.